The van der Waals surface area contributed by atoms with E-state index in [0.717, 1.165) is 48.5 Å². The van der Waals surface area contributed by atoms with Gasteiger partial charge in [0.05, 0.1) is 18.3 Å². The summed E-state index contributed by atoms with van der Waals surface area (Å²) in [5, 5.41) is 0. The van der Waals surface area contributed by atoms with E-state index in [-0.39, 0.29) is 12.1 Å². The summed E-state index contributed by atoms with van der Waals surface area (Å²) in [7, 11) is 0. The van der Waals surface area contributed by atoms with Crippen LogP contribution in [0.4, 0.5) is 0 Å². The van der Waals surface area contributed by atoms with Gasteiger partial charge >= 0.3 is 5.97 Å². The van der Waals surface area contributed by atoms with Crippen LogP contribution in [0.2, 0.25) is 0 Å². The van der Waals surface area contributed by atoms with E-state index in [2.05, 4.69) is 32.9 Å². The van der Waals surface area contributed by atoms with Crippen molar-refractivity contribution in [2.75, 3.05) is 13.2 Å². The molecular formula is C39H54O4. The summed E-state index contributed by atoms with van der Waals surface area (Å²) in [4.78, 5) is 12.7. The molecule has 0 heterocycles. The molecule has 0 saturated carbocycles. The maximum Gasteiger partial charge on any atom is 0.343 e. The minimum absolute atomic E-state index is 0.00289. The number of benzene rings is 3. The van der Waals surface area contributed by atoms with Crippen molar-refractivity contribution in [3.8, 4) is 22.6 Å². The van der Waals surface area contributed by atoms with Gasteiger partial charge in [-0.2, -0.15) is 0 Å². The zero-order valence-corrected chi connectivity index (χ0v) is 27.0. The van der Waals surface area contributed by atoms with Crippen LogP contribution in [0.25, 0.3) is 11.1 Å². The van der Waals surface area contributed by atoms with Crippen LogP contribution in [0.3, 0.4) is 0 Å². The van der Waals surface area contributed by atoms with E-state index in [0.29, 0.717) is 11.3 Å². The number of unbranched alkanes of at least 4 members (excludes halogenated alkanes) is 12. The molecule has 0 amide bonds. The highest BCUT2D eigenvalue weighted by Crippen LogP contribution is 2.26. The lowest BCUT2D eigenvalue weighted by molar-refractivity contribution is 0.0626. The fraction of sp³-hybridized carbons (Fsp3) is 0.513. The summed E-state index contributed by atoms with van der Waals surface area (Å²) in [5.74, 6) is 1.07. The van der Waals surface area contributed by atoms with Crippen LogP contribution in [0.15, 0.2) is 72.8 Å². The summed E-state index contributed by atoms with van der Waals surface area (Å²) in [6.45, 7) is 8.10. The van der Waals surface area contributed by atoms with Crippen molar-refractivity contribution >= 4 is 5.97 Å². The minimum Gasteiger partial charge on any atom is -0.494 e. The molecule has 0 N–H and O–H groups in total. The van der Waals surface area contributed by atoms with E-state index >= 15 is 0 Å². The molecule has 0 radical (unpaired) electrons. The monoisotopic (exact) mass is 586 g/mol. The first-order chi connectivity index (χ1) is 21.1. The predicted molar refractivity (Wildman–Crippen MR) is 179 cm³/mol. The molecule has 0 fully saturated rings. The van der Waals surface area contributed by atoms with Crippen molar-refractivity contribution in [1.29, 1.82) is 0 Å². The molecule has 234 valence electrons. The number of rotatable bonds is 22. The van der Waals surface area contributed by atoms with Gasteiger partial charge in [-0.05, 0) is 72.9 Å². The molecule has 0 spiro atoms. The van der Waals surface area contributed by atoms with E-state index in [1.165, 1.54) is 77.0 Å². The molecule has 3 aromatic rings. The molecule has 0 aliphatic carbocycles. The summed E-state index contributed by atoms with van der Waals surface area (Å²) in [6, 6.07) is 23.4. The molecule has 0 saturated heterocycles. The SMILES string of the molecule is CCCCCCCCCCOC(C)c1ccc(C(=O)Oc2ccc(-c3ccc(OCCCCCCCC)cc3)cc2)cc1. The summed E-state index contributed by atoms with van der Waals surface area (Å²) in [5.41, 5.74) is 3.76. The van der Waals surface area contributed by atoms with Crippen molar-refractivity contribution < 1.29 is 19.0 Å². The maximum atomic E-state index is 12.7. The van der Waals surface area contributed by atoms with Gasteiger partial charge in [-0.3, -0.25) is 0 Å². The van der Waals surface area contributed by atoms with Gasteiger partial charge in [0.25, 0.3) is 0 Å². The normalized spacial score (nSPS) is 11.8. The first kappa shape index (κ1) is 34.4. The Bertz CT molecular complexity index is 1140. The van der Waals surface area contributed by atoms with Crippen molar-refractivity contribution in [2.45, 2.75) is 117 Å². The average molecular weight is 587 g/mol. The fourth-order valence-electron chi connectivity index (χ4n) is 5.18. The molecule has 1 atom stereocenters. The Kier molecular flexibility index (Phi) is 16.6. The second-order valence-electron chi connectivity index (χ2n) is 11.7. The summed E-state index contributed by atoms with van der Waals surface area (Å²) in [6.07, 6.45) is 17.9. The van der Waals surface area contributed by atoms with Crippen LogP contribution in [-0.4, -0.2) is 19.2 Å². The van der Waals surface area contributed by atoms with Crippen LogP contribution in [-0.2, 0) is 4.74 Å². The lowest BCUT2D eigenvalue weighted by atomic mass is 10.1. The van der Waals surface area contributed by atoms with E-state index in [4.69, 9.17) is 14.2 Å². The molecule has 1 unspecified atom stereocenters. The Balaban J connectivity index is 1.37. The molecule has 4 heteroatoms. The lowest BCUT2D eigenvalue weighted by Crippen LogP contribution is -2.09. The van der Waals surface area contributed by atoms with Gasteiger partial charge in [0, 0.05) is 6.61 Å². The van der Waals surface area contributed by atoms with Gasteiger partial charge in [0.15, 0.2) is 0 Å². The van der Waals surface area contributed by atoms with Crippen LogP contribution in [0.5, 0.6) is 11.5 Å². The standard InChI is InChI=1S/C39H54O4/c1-4-6-8-10-12-13-15-16-30-41-32(3)33-18-20-36(21-19-33)39(40)43-38-28-24-35(25-29-38)34-22-26-37(27-23-34)42-31-17-14-11-9-7-5-2/h18-29,32H,4-17,30-31H2,1-3H3. The summed E-state index contributed by atoms with van der Waals surface area (Å²) < 4.78 is 17.6. The van der Waals surface area contributed by atoms with Crippen molar-refractivity contribution in [1.82, 2.24) is 0 Å². The summed E-state index contributed by atoms with van der Waals surface area (Å²) >= 11 is 0. The molecule has 0 aromatic heterocycles. The zero-order chi connectivity index (χ0) is 30.5. The molecular weight excluding hydrogens is 532 g/mol. The third-order valence-corrected chi connectivity index (χ3v) is 8.00. The van der Waals surface area contributed by atoms with Gasteiger partial charge in [-0.1, -0.05) is 127 Å². The Morgan fingerprint density at radius 2 is 1.02 bits per heavy atom. The molecule has 0 aliphatic heterocycles. The quantitative estimate of drug-likeness (QED) is 0.0667. The highest BCUT2D eigenvalue weighted by molar-refractivity contribution is 5.91. The smallest absolute Gasteiger partial charge is 0.343 e. The minimum atomic E-state index is -0.362. The largest absolute Gasteiger partial charge is 0.494 e. The molecule has 43 heavy (non-hydrogen) atoms. The maximum absolute atomic E-state index is 12.7. The number of esters is 1. The van der Waals surface area contributed by atoms with Gasteiger partial charge in [-0.15, -0.1) is 0 Å². The molecule has 0 bridgehead atoms. The van der Waals surface area contributed by atoms with E-state index in [1.807, 2.05) is 60.7 Å². The van der Waals surface area contributed by atoms with Crippen LogP contribution < -0.4 is 9.47 Å². The van der Waals surface area contributed by atoms with Gasteiger partial charge in [0.1, 0.15) is 11.5 Å². The van der Waals surface area contributed by atoms with E-state index < -0.39 is 0 Å². The van der Waals surface area contributed by atoms with Gasteiger partial charge in [0.2, 0.25) is 0 Å². The molecule has 3 rings (SSSR count). The second kappa shape index (κ2) is 20.7. The van der Waals surface area contributed by atoms with Crippen molar-refractivity contribution in [3.05, 3.63) is 83.9 Å². The Hall–Kier alpha value is -3.11. The topological polar surface area (TPSA) is 44.8 Å². The molecule has 0 aliphatic rings. The van der Waals surface area contributed by atoms with Crippen molar-refractivity contribution in [3.63, 3.8) is 0 Å². The van der Waals surface area contributed by atoms with Gasteiger partial charge in [-0.25, -0.2) is 4.79 Å². The number of hydrogen-bond donors (Lipinski definition) is 0. The molecule has 4 nitrogen and oxygen atoms in total. The predicted octanol–water partition coefficient (Wildman–Crippen LogP) is 11.5. The van der Waals surface area contributed by atoms with Gasteiger partial charge < -0.3 is 14.2 Å². The fourth-order valence-corrected chi connectivity index (χ4v) is 5.18. The molecule has 3 aromatic carbocycles. The first-order valence-corrected chi connectivity index (χ1v) is 16.9. The van der Waals surface area contributed by atoms with E-state index in [9.17, 15) is 4.79 Å². The second-order valence-corrected chi connectivity index (χ2v) is 11.7. The lowest BCUT2D eigenvalue weighted by Gasteiger charge is -2.14. The average Bonchev–Trinajstić information content (AvgIpc) is 3.04. The number of carbonyl (C=O) groups is 1. The number of carbonyl (C=O) groups excluding carboxylic acids is 1. The van der Waals surface area contributed by atoms with E-state index in [1.54, 1.807) is 0 Å². The first-order valence-electron chi connectivity index (χ1n) is 16.9. The zero-order valence-electron chi connectivity index (χ0n) is 27.0. The van der Waals surface area contributed by atoms with Crippen LogP contribution in [0.1, 0.15) is 133 Å². The Morgan fingerprint density at radius 1 is 0.558 bits per heavy atom. The van der Waals surface area contributed by atoms with Crippen molar-refractivity contribution in [2.24, 2.45) is 0 Å². The van der Waals surface area contributed by atoms with Crippen LogP contribution >= 0.6 is 0 Å². The third-order valence-electron chi connectivity index (χ3n) is 8.00. The Morgan fingerprint density at radius 3 is 1.56 bits per heavy atom. The third kappa shape index (κ3) is 13.4. The number of ether oxygens (including phenoxy) is 3. The highest BCUT2D eigenvalue weighted by Gasteiger charge is 2.11. The Labute approximate surface area is 261 Å². The number of hydrogen-bond acceptors (Lipinski definition) is 4. The highest BCUT2D eigenvalue weighted by atomic mass is 16.5. The van der Waals surface area contributed by atoms with Crippen LogP contribution in [0, 0.1) is 0 Å².